The van der Waals surface area contributed by atoms with E-state index in [1.807, 2.05) is 33.8 Å². The number of nitrogens with zero attached hydrogens (tertiary/aromatic N) is 2. The summed E-state index contributed by atoms with van der Waals surface area (Å²) in [4.78, 5) is 17.1. The number of rotatable bonds is 5. The molecule has 0 saturated heterocycles. The number of nitrogens with one attached hydrogen (secondary N) is 1. The number of hydrogen-bond acceptors (Lipinski definition) is 6. The molecule has 1 aliphatic carbocycles. The molecule has 0 spiro atoms. The van der Waals surface area contributed by atoms with Crippen LogP contribution in [-0.2, 0) is 9.53 Å². The number of carbonyl (C=O) groups is 1. The summed E-state index contributed by atoms with van der Waals surface area (Å²) in [6, 6.07) is 2.16. The normalized spacial score (nSPS) is 23.2. The van der Waals surface area contributed by atoms with Crippen molar-refractivity contribution in [1.82, 2.24) is 4.98 Å². The molecular formula is C22H26N4O3. The van der Waals surface area contributed by atoms with Gasteiger partial charge in [-0.25, -0.2) is 4.98 Å². The van der Waals surface area contributed by atoms with E-state index in [-0.39, 0.29) is 0 Å². The average molecular weight is 394 g/mol. The molecule has 2 aliphatic rings. The number of anilines is 1. The third kappa shape index (κ3) is 3.25. The van der Waals surface area contributed by atoms with Gasteiger partial charge in [0.2, 0.25) is 11.8 Å². The Bertz CT molecular complexity index is 1000. The van der Waals surface area contributed by atoms with E-state index in [2.05, 4.69) is 16.4 Å². The highest BCUT2D eigenvalue weighted by Gasteiger charge is 2.49. The molecule has 1 aliphatic heterocycles. The average Bonchev–Trinajstić information content (AvgIpc) is 2.69. The second-order valence-corrected chi connectivity index (χ2v) is 7.53. The Hall–Kier alpha value is -3.27. The van der Waals surface area contributed by atoms with Gasteiger partial charge < -0.3 is 20.5 Å². The summed E-state index contributed by atoms with van der Waals surface area (Å²) in [6.45, 7) is 8.14. The number of methoxy groups -OCH3 is 1. The molecular weight excluding hydrogens is 368 g/mol. The van der Waals surface area contributed by atoms with Gasteiger partial charge in [-0.3, -0.25) is 4.79 Å². The summed E-state index contributed by atoms with van der Waals surface area (Å²) < 4.78 is 11.6. The van der Waals surface area contributed by atoms with Gasteiger partial charge in [-0.1, -0.05) is 13.0 Å². The van der Waals surface area contributed by atoms with Crippen LogP contribution < -0.4 is 15.8 Å². The number of fused-ring (bicyclic) bond motifs is 1. The predicted molar refractivity (Wildman–Crippen MR) is 110 cm³/mol. The summed E-state index contributed by atoms with van der Waals surface area (Å²) in [5.74, 6) is 0.114. The minimum Gasteiger partial charge on any atom is -0.500 e. The lowest BCUT2D eigenvalue weighted by Gasteiger charge is -2.44. The van der Waals surface area contributed by atoms with Gasteiger partial charge in [0.25, 0.3) is 0 Å². The number of aryl methyl sites for hydroxylation is 1. The molecule has 1 unspecified atom stereocenters. The zero-order chi connectivity index (χ0) is 21.3. The highest BCUT2D eigenvalue weighted by atomic mass is 16.5. The van der Waals surface area contributed by atoms with Crippen LogP contribution in [0.5, 0.6) is 5.88 Å². The van der Waals surface area contributed by atoms with Gasteiger partial charge in [-0.05, 0) is 38.8 Å². The summed E-state index contributed by atoms with van der Waals surface area (Å²) in [5, 5.41) is 12.7. The molecule has 7 nitrogen and oxygen atoms in total. The molecule has 0 aromatic carbocycles. The monoisotopic (exact) mass is 394 g/mol. The first-order valence-electron chi connectivity index (χ1n) is 9.54. The van der Waals surface area contributed by atoms with Crippen molar-refractivity contribution in [2.45, 2.75) is 40.0 Å². The van der Waals surface area contributed by atoms with Crippen molar-refractivity contribution < 1.29 is 14.3 Å². The molecule has 2 atom stereocenters. The van der Waals surface area contributed by atoms with E-state index < -0.39 is 17.2 Å². The lowest BCUT2D eigenvalue weighted by Crippen LogP contribution is -2.39. The highest BCUT2D eigenvalue weighted by molar-refractivity contribution is 5.97. The Labute approximate surface area is 170 Å². The summed E-state index contributed by atoms with van der Waals surface area (Å²) in [6.07, 6.45) is 5.84. The maximum Gasteiger partial charge on any atom is 0.247 e. The smallest absolute Gasteiger partial charge is 0.247 e. The molecule has 2 heterocycles. The summed E-state index contributed by atoms with van der Waals surface area (Å²) in [5.41, 5.74) is 9.46. The molecule has 0 fully saturated rings. The van der Waals surface area contributed by atoms with Crippen molar-refractivity contribution in [3.8, 4) is 11.9 Å². The van der Waals surface area contributed by atoms with Crippen molar-refractivity contribution >= 4 is 11.6 Å². The topological polar surface area (TPSA) is 110 Å². The van der Waals surface area contributed by atoms with E-state index in [9.17, 15) is 10.1 Å². The zero-order valence-corrected chi connectivity index (χ0v) is 17.4. The number of hydrogen-bond donors (Lipinski definition) is 2. The standard InChI is InChI=1S/C22H26N4O3/c1-6-29-21-17-18(22(4)8-7-14(10-23)9-15(22)28-5)16(20(24)27)13(3)26-19(17)12(2)11-25-21/h7,9,11,18,26H,6,8H2,1-5H3,(H2,24,27)/t18-,22?/m1/s1. The third-order valence-electron chi connectivity index (χ3n) is 5.69. The van der Waals surface area contributed by atoms with E-state index >= 15 is 0 Å². The van der Waals surface area contributed by atoms with E-state index in [0.29, 0.717) is 41.5 Å². The lowest BCUT2D eigenvalue weighted by atomic mass is 9.63. The number of ether oxygens (including phenoxy) is 2. The minimum atomic E-state index is -0.654. The van der Waals surface area contributed by atoms with Gasteiger partial charge in [-0.2, -0.15) is 5.26 Å². The predicted octanol–water partition coefficient (Wildman–Crippen LogP) is 3.45. The van der Waals surface area contributed by atoms with Gasteiger partial charge in [0, 0.05) is 34.4 Å². The number of carbonyl (C=O) groups excluding carboxylic acids is 1. The van der Waals surface area contributed by atoms with Crippen molar-refractivity contribution in [3.63, 3.8) is 0 Å². The second kappa shape index (κ2) is 7.63. The van der Waals surface area contributed by atoms with Crippen molar-refractivity contribution in [1.29, 1.82) is 5.26 Å². The number of amides is 1. The van der Waals surface area contributed by atoms with Crippen LogP contribution in [0, 0.1) is 23.7 Å². The first-order valence-corrected chi connectivity index (χ1v) is 9.54. The van der Waals surface area contributed by atoms with E-state index in [1.165, 1.54) is 0 Å². The molecule has 7 heteroatoms. The van der Waals surface area contributed by atoms with Gasteiger partial charge in [0.1, 0.15) is 5.76 Å². The van der Waals surface area contributed by atoms with E-state index in [1.54, 1.807) is 19.4 Å². The Balaban J connectivity index is 2.33. The first-order chi connectivity index (χ1) is 13.8. The fourth-order valence-corrected chi connectivity index (χ4v) is 4.29. The van der Waals surface area contributed by atoms with Gasteiger partial charge in [0.05, 0.1) is 31.0 Å². The fourth-order valence-electron chi connectivity index (χ4n) is 4.29. The SMILES string of the molecule is CCOc1ncc(C)c2c1[C@H](C1(C)CC=C(C#N)C=C1OC)C(C(N)=O)=C(C)N2. The summed E-state index contributed by atoms with van der Waals surface area (Å²) >= 11 is 0. The Kier molecular flexibility index (Phi) is 5.38. The molecule has 0 bridgehead atoms. The molecule has 1 aromatic heterocycles. The number of aromatic nitrogens is 1. The number of primary amides is 1. The fraction of sp³-hybridized carbons (Fsp3) is 0.409. The van der Waals surface area contributed by atoms with E-state index in [0.717, 1.165) is 16.8 Å². The molecule has 0 radical (unpaired) electrons. The van der Waals surface area contributed by atoms with Crippen LogP contribution in [-0.4, -0.2) is 24.6 Å². The highest BCUT2D eigenvalue weighted by Crippen LogP contribution is 2.57. The minimum absolute atomic E-state index is 0.437. The molecule has 152 valence electrons. The van der Waals surface area contributed by atoms with Crippen LogP contribution in [0.15, 0.2) is 41.0 Å². The molecule has 3 rings (SSSR count). The van der Waals surface area contributed by atoms with Gasteiger partial charge in [0.15, 0.2) is 0 Å². The van der Waals surface area contributed by atoms with Crippen LogP contribution in [0.3, 0.4) is 0 Å². The molecule has 1 aromatic rings. The number of allylic oxidation sites excluding steroid dienone is 5. The van der Waals surface area contributed by atoms with Crippen LogP contribution in [0.1, 0.15) is 44.2 Å². The Morgan fingerprint density at radius 3 is 2.79 bits per heavy atom. The van der Waals surface area contributed by atoms with E-state index in [4.69, 9.17) is 15.2 Å². The van der Waals surface area contributed by atoms with Crippen LogP contribution in [0.4, 0.5) is 5.69 Å². The maximum absolute atomic E-state index is 12.6. The van der Waals surface area contributed by atoms with Crippen molar-refractivity contribution in [2.24, 2.45) is 11.1 Å². The van der Waals surface area contributed by atoms with Gasteiger partial charge >= 0.3 is 0 Å². The zero-order valence-electron chi connectivity index (χ0n) is 17.4. The largest absolute Gasteiger partial charge is 0.500 e. The second-order valence-electron chi connectivity index (χ2n) is 7.53. The molecule has 0 saturated carbocycles. The lowest BCUT2D eigenvalue weighted by molar-refractivity contribution is -0.115. The first kappa shape index (κ1) is 20.5. The Morgan fingerprint density at radius 2 is 2.21 bits per heavy atom. The molecule has 3 N–H and O–H groups in total. The number of nitriles is 1. The van der Waals surface area contributed by atoms with Crippen LogP contribution in [0.25, 0.3) is 0 Å². The number of nitrogens with two attached hydrogens (primary N) is 1. The Morgan fingerprint density at radius 1 is 1.48 bits per heavy atom. The van der Waals surface area contributed by atoms with Crippen LogP contribution >= 0.6 is 0 Å². The van der Waals surface area contributed by atoms with Gasteiger partial charge in [-0.15, -0.1) is 0 Å². The quantitative estimate of drug-likeness (QED) is 0.791. The molecule has 29 heavy (non-hydrogen) atoms. The van der Waals surface area contributed by atoms with Crippen LogP contribution in [0.2, 0.25) is 0 Å². The summed E-state index contributed by atoms with van der Waals surface area (Å²) in [7, 11) is 1.57. The van der Waals surface area contributed by atoms with Crippen molar-refractivity contribution in [2.75, 3.05) is 19.0 Å². The number of pyridine rings is 1. The maximum atomic E-state index is 12.6. The third-order valence-corrected chi connectivity index (χ3v) is 5.69. The molecule has 1 amide bonds. The van der Waals surface area contributed by atoms with Crippen molar-refractivity contribution in [3.05, 3.63) is 52.1 Å².